The van der Waals surface area contributed by atoms with Crippen molar-refractivity contribution in [2.24, 2.45) is 4.36 Å². The van der Waals surface area contributed by atoms with Crippen molar-refractivity contribution in [3.63, 3.8) is 0 Å². The Morgan fingerprint density at radius 1 is 1.09 bits per heavy atom. The van der Waals surface area contributed by atoms with Crippen LogP contribution in [0, 0.1) is 0 Å². The number of nitrogens with one attached hydrogen (secondary N) is 2. The molecule has 1 unspecified atom stereocenters. The Labute approximate surface area is 131 Å². The molecule has 0 saturated carbocycles. The summed E-state index contributed by atoms with van der Waals surface area (Å²) in [5.41, 5.74) is 6.27. The van der Waals surface area contributed by atoms with Gasteiger partial charge in [-0.3, -0.25) is 0 Å². The summed E-state index contributed by atoms with van der Waals surface area (Å²) in [5.74, 6) is 0.464. The quantitative estimate of drug-likeness (QED) is 0.835. The fraction of sp³-hybridized carbons (Fsp3) is 0.562. The second-order valence-corrected chi connectivity index (χ2v) is 8.51. The topological polar surface area (TPSA) is 70.6 Å². The first kappa shape index (κ1) is 14.2. The fourth-order valence-electron chi connectivity index (χ4n) is 3.88. The van der Waals surface area contributed by atoms with E-state index >= 15 is 0 Å². The number of rotatable bonds is 1. The zero-order valence-electron chi connectivity index (χ0n) is 12.6. The number of urea groups is 1. The number of benzene rings is 1. The minimum Gasteiger partial charge on any atom is -0.305 e. The van der Waals surface area contributed by atoms with Gasteiger partial charge in [0, 0.05) is 18.0 Å². The lowest BCUT2D eigenvalue weighted by Crippen LogP contribution is -2.20. The van der Waals surface area contributed by atoms with E-state index in [0.717, 1.165) is 50.6 Å². The highest BCUT2D eigenvalue weighted by Gasteiger charge is 2.25. The van der Waals surface area contributed by atoms with E-state index in [0.29, 0.717) is 12.3 Å². The first-order chi connectivity index (χ1) is 10.6. The van der Waals surface area contributed by atoms with Crippen LogP contribution in [0.1, 0.15) is 41.5 Å². The molecule has 1 saturated heterocycles. The molecule has 1 aromatic carbocycles. The number of nitrogens with zero attached hydrogens (tertiary/aromatic N) is 1. The summed E-state index contributed by atoms with van der Waals surface area (Å²) in [6, 6.07) is 1.87. The van der Waals surface area contributed by atoms with Gasteiger partial charge in [0.1, 0.15) is 9.92 Å². The van der Waals surface area contributed by atoms with E-state index in [1.807, 2.05) is 0 Å². The van der Waals surface area contributed by atoms with Gasteiger partial charge in [-0.05, 0) is 67.2 Å². The van der Waals surface area contributed by atoms with Crippen LogP contribution in [0.2, 0.25) is 0 Å². The van der Waals surface area contributed by atoms with Crippen molar-refractivity contribution >= 4 is 21.6 Å². The van der Waals surface area contributed by atoms with E-state index < -0.39 is 15.9 Å². The summed E-state index contributed by atoms with van der Waals surface area (Å²) >= 11 is 0. The maximum Gasteiger partial charge on any atom is 0.354 e. The van der Waals surface area contributed by atoms with Gasteiger partial charge < -0.3 is 5.32 Å². The van der Waals surface area contributed by atoms with Crippen LogP contribution in [0.15, 0.2) is 10.4 Å². The third kappa shape index (κ3) is 2.44. The summed E-state index contributed by atoms with van der Waals surface area (Å²) in [6.07, 6.45) is 7.35. The maximum atomic E-state index is 12.3. The van der Waals surface area contributed by atoms with Crippen LogP contribution in [0.5, 0.6) is 0 Å². The molecule has 0 aromatic heterocycles. The number of anilines is 1. The van der Waals surface area contributed by atoms with Crippen molar-refractivity contribution in [2.75, 3.05) is 17.6 Å². The van der Waals surface area contributed by atoms with E-state index in [1.54, 1.807) is 0 Å². The van der Waals surface area contributed by atoms with Crippen LogP contribution in [-0.4, -0.2) is 22.5 Å². The highest BCUT2D eigenvalue weighted by molar-refractivity contribution is 7.92. The summed E-state index contributed by atoms with van der Waals surface area (Å²) in [7, 11) is -2.54. The van der Waals surface area contributed by atoms with Gasteiger partial charge in [-0.2, -0.15) is 0 Å². The van der Waals surface area contributed by atoms with Crippen molar-refractivity contribution in [2.45, 2.75) is 44.9 Å². The van der Waals surface area contributed by atoms with Crippen LogP contribution >= 0.6 is 0 Å². The number of aryl methyl sites for hydroxylation is 2. The van der Waals surface area contributed by atoms with Crippen molar-refractivity contribution < 1.29 is 9.00 Å². The van der Waals surface area contributed by atoms with E-state index in [4.69, 9.17) is 0 Å². The first-order valence-electron chi connectivity index (χ1n) is 8.11. The van der Waals surface area contributed by atoms with Gasteiger partial charge in [0.2, 0.25) is 0 Å². The zero-order valence-corrected chi connectivity index (χ0v) is 13.4. The lowest BCUT2D eigenvalue weighted by molar-refractivity contribution is 0.260. The Morgan fingerprint density at radius 3 is 2.36 bits per heavy atom. The standard InChI is InChI=1S/C16H21N3O2S/c20-16(19-22(21)9-3-8-17-22)18-15-13-6-1-4-11(13)10-12-5-2-7-14(12)15/h10H,1-9H2,(H2,17,18,19,20,21). The lowest BCUT2D eigenvalue weighted by Gasteiger charge is -2.15. The molecule has 0 spiro atoms. The average molecular weight is 319 g/mol. The Bertz CT molecular complexity index is 719. The van der Waals surface area contributed by atoms with Gasteiger partial charge >= 0.3 is 6.03 Å². The number of carbonyl (C=O) groups excluding carboxylic acids is 1. The molecule has 2 N–H and O–H groups in total. The molecule has 118 valence electrons. The molecule has 1 aromatic rings. The monoisotopic (exact) mass is 319 g/mol. The molecule has 0 bridgehead atoms. The van der Waals surface area contributed by atoms with Gasteiger partial charge in [-0.15, -0.1) is 4.36 Å². The number of fused-ring (bicyclic) bond motifs is 2. The summed E-state index contributed by atoms with van der Waals surface area (Å²) in [5, 5.41) is 2.97. The van der Waals surface area contributed by atoms with Gasteiger partial charge in [-0.1, -0.05) is 6.07 Å². The Kier molecular flexibility index (Phi) is 3.46. The maximum absolute atomic E-state index is 12.3. The fourth-order valence-corrected chi connectivity index (χ4v) is 5.49. The number of amides is 2. The molecule has 5 nitrogen and oxygen atoms in total. The van der Waals surface area contributed by atoms with E-state index in [1.165, 1.54) is 22.3 Å². The molecule has 3 aliphatic rings. The predicted octanol–water partition coefficient (Wildman–Crippen LogP) is 2.57. The second kappa shape index (κ2) is 5.35. The van der Waals surface area contributed by atoms with Crippen LogP contribution in [0.25, 0.3) is 0 Å². The molecular formula is C16H21N3O2S. The lowest BCUT2D eigenvalue weighted by atomic mass is 9.99. The van der Waals surface area contributed by atoms with Crippen molar-refractivity contribution in [3.8, 4) is 0 Å². The minimum atomic E-state index is -2.54. The van der Waals surface area contributed by atoms with Crippen LogP contribution in [0.3, 0.4) is 0 Å². The molecule has 4 rings (SSSR count). The third-order valence-electron chi connectivity index (χ3n) is 4.86. The number of hydrogen-bond donors (Lipinski definition) is 2. The number of carbonyl (C=O) groups is 1. The van der Waals surface area contributed by atoms with Gasteiger partial charge in [0.15, 0.2) is 0 Å². The van der Waals surface area contributed by atoms with Crippen molar-refractivity contribution in [1.29, 1.82) is 0 Å². The van der Waals surface area contributed by atoms with E-state index in [-0.39, 0.29) is 0 Å². The summed E-state index contributed by atoms with van der Waals surface area (Å²) in [4.78, 5) is 12.3. The summed E-state index contributed by atoms with van der Waals surface area (Å²) in [6.45, 7) is 0.672. The first-order valence-corrected chi connectivity index (χ1v) is 9.80. The van der Waals surface area contributed by atoms with Gasteiger partial charge in [0.25, 0.3) is 0 Å². The molecule has 2 amide bonds. The largest absolute Gasteiger partial charge is 0.354 e. The number of hydrogen-bond acceptors (Lipinski definition) is 2. The molecule has 1 fully saturated rings. The third-order valence-corrected chi connectivity index (χ3v) is 6.82. The van der Waals surface area contributed by atoms with E-state index in [9.17, 15) is 9.00 Å². The molecule has 0 radical (unpaired) electrons. The van der Waals surface area contributed by atoms with Gasteiger partial charge in [0.05, 0.1) is 0 Å². The van der Waals surface area contributed by atoms with Crippen molar-refractivity contribution in [1.82, 2.24) is 4.72 Å². The second-order valence-electron chi connectivity index (χ2n) is 6.35. The Hall–Kier alpha value is -1.40. The van der Waals surface area contributed by atoms with Crippen LogP contribution in [0.4, 0.5) is 10.5 Å². The molecule has 1 heterocycles. The smallest absolute Gasteiger partial charge is 0.305 e. The highest BCUT2D eigenvalue weighted by atomic mass is 32.2. The van der Waals surface area contributed by atoms with Crippen molar-refractivity contribution in [3.05, 3.63) is 28.3 Å². The molecule has 1 atom stereocenters. The SMILES string of the molecule is O=C(N=S1(=O)CCCN1)Nc1c2c(cc3c1CCC3)CCC2. The Morgan fingerprint density at radius 2 is 1.77 bits per heavy atom. The normalized spacial score (nSPS) is 25.8. The highest BCUT2D eigenvalue weighted by Crippen LogP contribution is 2.38. The molecule has 1 aliphatic heterocycles. The van der Waals surface area contributed by atoms with Crippen LogP contribution in [-0.2, 0) is 35.6 Å². The van der Waals surface area contributed by atoms with Gasteiger partial charge in [-0.25, -0.2) is 13.7 Å². The van der Waals surface area contributed by atoms with E-state index in [2.05, 4.69) is 20.5 Å². The Balaban J connectivity index is 1.69. The average Bonchev–Trinajstić information content (AvgIpc) is 3.18. The molecular weight excluding hydrogens is 298 g/mol. The predicted molar refractivity (Wildman–Crippen MR) is 87.6 cm³/mol. The van der Waals surface area contributed by atoms with Crippen LogP contribution < -0.4 is 10.0 Å². The molecule has 22 heavy (non-hydrogen) atoms. The zero-order chi connectivity index (χ0) is 15.2. The summed E-state index contributed by atoms with van der Waals surface area (Å²) < 4.78 is 19.1. The molecule has 2 aliphatic carbocycles. The molecule has 6 heteroatoms. The minimum absolute atomic E-state index is 0.464.